The number of carbonyl (C=O) groups excluding carboxylic acids is 1. The second-order valence-corrected chi connectivity index (χ2v) is 7.61. The number of ether oxygens (including phenoxy) is 1. The largest absolute Gasteiger partial charge is 0.497 e. The van der Waals surface area contributed by atoms with Gasteiger partial charge in [-0.3, -0.25) is 9.36 Å². The fourth-order valence-corrected chi connectivity index (χ4v) is 4.06. The minimum Gasteiger partial charge on any atom is -0.497 e. The second-order valence-electron chi connectivity index (χ2n) is 6.54. The predicted molar refractivity (Wildman–Crippen MR) is 108 cm³/mol. The van der Waals surface area contributed by atoms with Crippen LogP contribution in [0.15, 0.2) is 64.5 Å². The Morgan fingerprint density at radius 1 is 1.25 bits per heavy atom. The van der Waals surface area contributed by atoms with E-state index in [4.69, 9.17) is 4.74 Å². The molecular weight excluding hydrogens is 376 g/mol. The first-order chi connectivity index (χ1) is 13.7. The van der Waals surface area contributed by atoms with Gasteiger partial charge in [-0.1, -0.05) is 48.2 Å². The molecule has 0 saturated heterocycles. The lowest BCUT2D eigenvalue weighted by Gasteiger charge is -2.17. The Bertz CT molecular complexity index is 1030. The van der Waals surface area contributed by atoms with Crippen LogP contribution in [0.3, 0.4) is 0 Å². The lowest BCUT2D eigenvalue weighted by molar-refractivity contribution is -0.115. The monoisotopic (exact) mass is 396 g/mol. The molecular formula is C20H20N4O3S. The van der Waals surface area contributed by atoms with Gasteiger partial charge in [-0.2, -0.15) is 0 Å². The summed E-state index contributed by atoms with van der Waals surface area (Å²) in [4.78, 5) is 25.2. The van der Waals surface area contributed by atoms with Gasteiger partial charge in [-0.15, -0.1) is 5.10 Å². The summed E-state index contributed by atoms with van der Waals surface area (Å²) < 4.78 is 6.87. The average Bonchev–Trinajstić information content (AvgIpc) is 3.49. The van der Waals surface area contributed by atoms with Gasteiger partial charge in [-0.25, -0.2) is 9.89 Å². The lowest BCUT2D eigenvalue weighted by atomic mass is 10.1. The number of amides is 1. The number of hydrogen-bond donors (Lipinski definition) is 2. The van der Waals surface area contributed by atoms with Crippen molar-refractivity contribution in [3.63, 3.8) is 0 Å². The van der Waals surface area contributed by atoms with Gasteiger partial charge in [0.2, 0.25) is 5.91 Å². The number of aromatic nitrogens is 3. The van der Waals surface area contributed by atoms with Crippen LogP contribution in [0, 0.1) is 0 Å². The maximum absolute atomic E-state index is 13.1. The Morgan fingerprint density at radius 3 is 2.75 bits per heavy atom. The quantitative estimate of drug-likeness (QED) is 0.598. The first-order valence-corrected chi connectivity index (χ1v) is 9.87. The maximum atomic E-state index is 13.1. The molecule has 1 aliphatic rings. The number of methoxy groups -OCH3 is 1. The number of anilines is 1. The second kappa shape index (κ2) is 7.93. The molecule has 28 heavy (non-hydrogen) atoms. The minimum atomic E-state index is -0.555. The molecule has 0 spiro atoms. The number of H-pyrrole nitrogens is 1. The van der Waals surface area contributed by atoms with Crippen molar-refractivity contribution in [3.8, 4) is 5.75 Å². The Kier molecular flexibility index (Phi) is 5.21. The van der Waals surface area contributed by atoms with E-state index < -0.39 is 5.25 Å². The van der Waals surface area contributed by atoms with E-state index in [9.17, 15) is 9.59 Å². The number of rotatable bonds is 7. The van der Waals surface area contributed by atoms with Gasteiger partial charge >= 0.3 is 5.69 Å². The summed E-state index contributed by atoms with van der Waals surface area (Å²) in [6.45, 7) is 0. The van der Waals surface area contributed by atoms with E-state index in [2.05, 4.69) is 15.5 Å². The van der Waals surface area contributed by atoms with Crippen LogP contribution >= 0.6 is 11.8 Å². The average molecular weight is 396 g/mol. The minimum absolute atomic E-state index is 0.173. The van der Waals surface area contributed by atoms with Crippen molar-refractivity contribution >= 4 is 23.4 Å². The van der Waals surface area contributed by atoms with E-state index in [0.29, 0.717) is 16.6 Å². The van der Waals surface area contributed by atoms with Gasteiger partial charge in [0.15, 0.2) is 5.16 Å². The van der Waals surface area contributed by atoms with Crippen LogP contribution in [-0.4, -0.2) is 27.8 Å². The van der Waals surface area contributed by atoms with Crippen LogP contribution in [0.1, 0.15) is 29.7 Å². The summed E-state index contributed by atoms with van der Waals surface area (Å²) in [6.07, 6.45) is 1.91. The van der Waals surface area contributed by atoms with E-state index in [1.165, 1.54) is 11.8 Å². The molecule has 1 atom stereocenters. The highest BCUT2D eigenvalue weighted by molar-refractivity contribution is 8.00. The van der Waals surface area contributed by atoms with Crippen LogP contribution in [-0.2, 0) is 4.79 Å². The van der Waals surface area contributed by atoms with Crippen molar-refractivity contribution in [3.05, 3.63) is 70.6 Å². The molecule has 1 aliphatic carbocycles. The summed E-state index contributed by atoms with van der Waals surface area (Å²) in [5.41, 5.74) is 1.25. The number of nitrogens with one attached hydrogen (secondary N) is 2. The van der Waals surface area contributed by atoms with Crippen molar-refractivity contribution < 1.29 is 9.53 Å². The van der Waals surface area contributed by atoms with Crippen molar-refractivity contribution in [2.45, 2.75) is 29.3 Å². The van der Waals surface area contributed by atoms with Crippen molar-refractivity contribution in [2.24, 2.45) is 0 Å². The van der Waals surface area contributed by atoms with Crippen LogP contribution in [0.2, 0.25) is 0 Å². The van der Waals surface area contributed by atoms with Crippen LogP contribution in [0.5, 0.6) is 5.75 Å². The molecule has 1 amide bonds. The summed E-state index contributed by atoms with van der Waals surface area (Å²) in [5, 5.41) is 9.57. The van der Waals surface area contributed by atoms with E-state index >= 15 is 0 Å². The third kappa shape index (κ3) is 3.96. The molecule has 1 saturated carbocycles. The normalized spacial score (nSPS) is 14.5. The van der Waals surface area contributed by atoms with Crippen LogP contribution in [0.4, 0.5) is 5.69 Å². The number of hydrogen-bond acceptors (Lipinski definition) is 5. The molecule has 0 aliphatic heterocycles. The first kappa shape index (κ1) is 18.4. The topological polar surface area (TPSA) is 89.0 Å². The highest BCUT2D eigenvalue weighted by Crippen LogP contribution is 2.40. The summed E-state index contributed by atoms with van der Waals surface area (Å²) in [5.74, 6) is 0.471. The van der Waals surface area contributed by atoms with Crippen molar-refractivity contribution in [1.29, 1.82) is 0 Å². The SMILES string of the molecule is COc1cccc(NC(=O)[C@@H](Sc2n[nH]c(=O)n2C2CC2)c2ccccc2)c1. The van der Waals surface area contributed by atoms with Gasteiger partial charge in [0, 0.05) is 17.8 Å². The molecule has 1 heterocycles. The predicted octanol–water partition coefficient (Wildman–Crippen LogP) is 3.39. The van der Waals surface area contributed by atoms with E-state index in [1.807, 2.05) is 48.5 Å². The summed E-state index contributed by atoms with van der Waals surface area (Å²) >= 11 is 1.27. The molecule has 4 rings (SSSR count). The highest BCUT2D eigenvalue weighted by atomic mass is 32.2. The number of benzene rings is 2. The first-order valence-electron chi connectivity index (χ1n) is 8.99. The molecule has 7 nitrogen and oxygen atoms in total. The number of thioether (sulfide) groups is 1. The fourth-order valence-electron chi connectivity index (χ4n) is 2.94. The zero-order valence-electron chi connectivity index (χ0n) is 15.3. The van der Waals surface area contributed by atoms with Gasteiger partial charge in [-0.05, 0) is 30.5 Å². The van der Waals surface area contributed by atoms with Crippen molar-refractivity contribution in [1.82, 2.24) is 14.8 Å². The molecule has 0 bridgehead atoms. The molecule has 1 aromatic heterocycles. The van der Waals surface area contributed by atoms with E-state index in [1.54, 1.807) is 17.7 Å². The summed E-state index contributed by atoms with van der Waals surface area (Å²) in [6, 6.07) is 16.9. The molecule has 3 aromatic rings. The number of aromatic amines is 1. The van der Waals surface area contributed by atoms with Gasteiger partial charge < -0.3 is 10.1 Å². The number of carbonyl (C=O) groups is 1. The Morgan fingerprint density at radius 2 is 2.04 bits per heavy atom. The maximum Gasteiger partial charge on any atom is 0.344 e. The molecule has 144 valence electrons. The molecule has 2 aromatic carbocycles. The Hall–Kier alpha value is -3.00. The van der Waals surface area contributed by atoms with Crippen LogP contribution in [0.25, 0.3) is 0 Å². The standard InChI is InChI=1S/C20H20N4O3S/c1-27-16-9-5-8-14(12-16)21-18(25)17(13-6-3-2-4-7-13)28-20-23-22-19(26)24(20)15-10-11-15/h2-9,12,15,17H,10-11H2,1H3,(H,21,25)(H,22,26)/t17-/m0/s1. The molecule has 1 fully saturated rings. The third-order valence-electron chi connectivity index (χ3n) is 4.49. The molecule has 0 unspecified atom stereocenters. The molecule has 0 radical (unpaired) electrons. The molecule has 8 heteroatoms. The zero-order chi connectivity index (χ0) is 19.5. The van der Waals surface area contributed by atoms with Crippen LogP contribution < -0.4 is 15.7 Å². The Labute approximate surface area is 166 Å². The van der Waals surface area contributed by atoms with Crippen molar-refractivity contribution in [2.75, 3.05) is 12.4 Å². The van der Waals surface area contributed by atoms with E-state index in [0.717, 1.165) is 18.4 Å². The van der Waals surface area contributed by atoms with Gasteiger partial charge in [0.1, 0.15) is 11.0 Å². The lowest BCUT2D eigenvalue weighted by Crippen LogP contribution is -2.21. The third-order valence-corrected chi connectivity index (χ3v) is 5.71. The fraction of sp³-hybridized carbons (Fsp3) is 0.250. The smallest absolute Gasteiger partial charge is 0.344 e. The van der Waals surface area contributed by atoms with Gasteiger partial charge in [0.25, 0.3) is 0 Å². The highest BCUT2D eigenvalue weighted by Gasteiger charge is 2.31. The zero-order valence-corrected chi connectivity index (χ0v) is 16.1. The number of nitrogens with zero attached hydrogens (tertiary/aromatic N) is 2. The Balaban J connectivity index is 1.62. The molecule has 2 N–H and O–H groups in total. The van der Waals surface area contributed by atoms with Gasteiger partial charge in [0.05, 0.1) is 7.11 Å². The summed E-state index contributed by atoms with van der Waals surface area (Å²) in [7, 11) is 1.58. The van der Waals surface area contributed by atoms with E-state index in [-0.39, 0.29) is 17.6 Å².